The molecule has 3 aromatic rings. The molecule has 4 rings (SSSR count). The van der Waals surface area contributed by atoms with E-state index in [0.29, 0.717) is 17.0 Å². The summed E-state index contributed by atoms with van der Waals surface area (Å²) < 4.78 is 42.9. The Labute approximate surface area is 169 Å². The molecular weight excluding hydrogens is 369 g/mol. The Balaban J connectivity index is 1.61. The predicted octanol–water partition coefficient (Wildman–Crippen LogP) is 7.95. The third kappa shape index (κ3) is 3.87. The molecule has 1 atom stereocenters. The molecule has 29 heavy (non-hydrogen) atoms. The van der Waals surface area contributed by atoms with Crippen LogP contribution in [-0.2, 0) is 0 Å². The Morgan fingerprint density at radius 2 is 1.41 bits per heavy atom. The smallest absolute Gasteiger partial charge is 0.166 e. The molecule has 0 nitrogen and oxygen atoms in total. The molecule has 0 radical (unpaired) electrons. The number of hydrogen-bond acceptors (Lipinski definition) is 0. The van der Waals surface area contributed by atoms with Crippen molar-refractivity contribution in [3.05, 3.63) is 89.3 Å². The first-order valence-electron chi connectivity index (χ1n) is 9.98. The SMILES string of the molecule is Cc1ccc(-c2ccc(-c3ccc(C4=CCC(C)CC4)c(F)c3)cc2)c(F)c1F. The fraction of sp³-hybridized carbons (Fsp3) is 0.231. The molecule has 1 unspecified atom stereocenters. The van der Waals surface area contributed by atoms with Crippen molar-refractivity contribution in [3.8, 4) is 22.3 Å². The predicted molar refractivity (Wildman–Crippen MR) is 113 cm³/mol. The zero-order chi connectivity index (χ0) is 20.5. The van der Waals surface area contributed by atoms with Crippen molar-refractivity contribution in [2.45, 2.75) is 33.1 Å². The van der Waals surface area contributed by atoms with E-state index in [1.54, 1.807) is 30.3 Å². The number of allylic oxidation sites excluding steroid dienone is 2. The van der Waals surface area contributed by atoms with Crippen molar-refractivity contribution >= 4 is 5.57 Å². The second-order valence-corrected chi connectivity index (χ2v) is 7.94. The van der Waals surface area contributed by atoms with Crippen LogP contribution >= 0.6 is 0 Å². The number of hydrogen-bond donors (Lipinski definition) is 0. The largest absolute Gasteiger partial charge is 0.206 e. The van der Waals surface area contributed by atoms with Crippen LogP contribution in [0.2, 0.25) is 0 Å². The van der Waals surface area contributed by atoms with Crippen molar-refractivity contribution in [1.29, 1.82) is 0 Å². The molecular formula is C26H23F3. The summed E-state index contributed by atoms with van der Waals surface area (Å²) >= 11 is 0. The first kappa shape index (κ1) is 19.5. The quantitative estimate of drug-likeness (QED) is 0.424. The highest BCUT2D eigenvalue weighted by Gasteiger charge is 2.16. The van der Waals surface area contributed by atoms with Crippen LogP contribution in [0.3, 0.4) is 0 Å². The molecule has 0 spiro atoms. The lowest BCUT2D eigenvalue weighted by molar-refractivity contribution is 0.505. The van der Waals surface area contributed by atoms with Gasteiger partial charge < -0.3 is 0 Å². The molecule has 0 fully saturated rings. The molecule has 3 heteroatoms. The third-order valence-corrected chi connectivity index (χ3v) is 5.79. The molecule has 0 saturated heterocycles. The minimum Gasteiger partial charge on any atom is -0.206 e. The van der Waals surface area contributed by atoms with Gasteiger partial charge in [0.1, 0.15) is 5.82 Å². The minimum atomic E-state index is -0.844. The Morgan fingerprint density at radius 1 is 0.759 bits per heavy atom. The summed E-state index contributed by atoms with van der Waals surface area (Å²) in [5.74, 6) is -1.23. The van der Waals surface area contributed by atoms with Gasteiger partial charge in [-0.25, -0.2) is 13.2 Å². The molecule has 148 valence electrons. The molecule has 0 N–H and O–H groups in total. The van der Waals surface area contributed by atoms with E-state index in [-0.39, 0.29) is 16.9 Å². The summed E-state index contributed by atoms with van der Waals surface area (Å²) in [6.45, 7) is 3.75. The molecule has 1 aliphatic rings. The van der Waals surface area contributed by atoms with E-state index in [1.807, 2.05) is 24.3 Å². The van der Waals surface area contributed by atoms with E-state index >= 15 is 0 Å². The fourth-order valence-electron chi connectivity index (χ4n) is 3.88. The lowest BCUT2D eigenvalue weighted by Gasteiger charge is -2.19. The van der Waals surface area contributed by atoms with E-state index in [4.69, 9.17) is 0 Å². The summed E-state index contributed by atoms with van der Waals surface area (Å²) in [7, 11) is 0. The number of aryl methyl sites for hydroxylation is 1. The van der Waals surface area contributed by atoms with Gasteiger partial charge in [-0.2, -0.15) is 0 Å². The van der Waals surface area contributed by atoms with Gasteiger partial charge in [0.25, 0.3) is 0 Å². The maximum Gasteiger partial charge on any atom is 0.166 e. The summed E-state index contributed by atoms with van der Waals surface area (Å²) in [5, 5.41) is 0. The van der Waals surface area contributed by atoms with Gasteiger partial charge in [0.15, 0.2) is 11.6 Å². The standard InChI is InChI=1S/C26H23F3/c1-16-3-6-19(7-4-16)22-14-12-21(15-24(22)27)18-8-10-20(11-9-18)23-13-5-17(2)25(28)26(23)29/h5-6,8-16H,3-4,7H2,1-2H3. The van der Waals surface area contributed by atoms with Crippen LogP contribution in [0, 0.1) is 30.3 Å². The van der Waals surface area contributed by atoms with Gasteiger partial charge in [-0.3, -0.25) is 0 Å². The highest BCUT2D eigenvalue weighted by atomic mass is 19.2. The minimum absolute atomic E-state index is 0.222. The van der Waals surface area contributed by atoms with E-state index in [1.165, 1.54) is 6.92 Å². The fourth-order valence-corrected chi connectivity index (χ4v) is 3.88. The van der Waals surface area contributed by atoms with Gasteiger partial charge in [0.2, 0.25) is 0 Å². The molecule has 1 aliphatic carbocycles. The second-order valence-electron chi connectivity index (χ2n) is 7.94. The molecule has 0 heterocycles. The van der Waals surface area contributed by atoms with Crippen molar-refractivity contribution in [3.63, 3.8) is 0 Å². The molecule has 0 saturated carbocycles. The highest BCUT2D eigenvalue weighted by Crippen LogP contribution is 2.34. The Kier molecular flexibility index (Phi) is 5.31. The average molecular weight is 392 g/mol. The van der Waals surface area contributed by atoms with Gasteiger partial charge in [-0.1, -0.05) is 61.5 Å². The topological polar surface area (TPSA) is 0 Å². The Morgan fingerprint density at radius 3 is 2.07 bits per heavy atom. The maximum atomic E-state index is 14.8. The van der Waals surface area contributed by atoms with Crippen LogP contribution in [-0.4, -0.2) is 0 Å². The Hall–Kier alpha value is -2.81. The van der Waals surface area contributed by atoms with Crippen LogP contribution in [0.25, 0.3) is 27.8 Å². The van der Waals surface area contributed by atoms with Crippen molar-refractivity contribution in [1.82, 2.24) is 0 Å². The van der Waals surface area contributed by atoms with Crippen LogP contribution in [0.1, 0.15) is 37.3 Å². The lowest BCUT2D eigenvalue weighted by atomic mass is 9.87. The van der Waals surface area contributed by atoms with Crippen LogP contribution in [0.4, 0.5) is 13.2 Å². The second kappa shape index (κ2) is 7.90. The van der Waals surface area contributed by atoms with Crippen LogP contribution in [0.15, 0.2) is 60.7 Å². The normalized spacial score (nSPS) is 16.6. The van der Waals surface area contributed by atoms with E-state index in [9.17, 15) is 13.2 Å². The molecule has 0 aliphatic heterocycles. The van der Waals surface area contributed by atoms with Gasteiger partial charge >= 0.3 is 0 Å². The summed E-state index contributed by atoms with van der Waals surface area (Å²) in [6.07, 6.45) is 5.14. The molecule has 0 amide bonds. The van der Waals surface area contributed by atoms with E-state index in [2.05, 4.69) is 13.0 Å². The Bertz CT molecular complexity index is 1080. The summed E-state index contributed by atoms with van der Waals surface area (Å²) in [4.78, 5) is 0. The van der Waals surface area contributed by atoms with E-state index < -0.39 is 11.6 Å². The van der Waals surface area contributed by atoms with Crippen LogP contribution in [0.5, 0.6) is 0 Å². The zero-order valence-electron chi connectivity index (χ0n) is 16.6. The van der Waals surface area contributed by atoms with E-state index in [0.717, 1.165) is 36.0 Å². The summed E-state index contributed by atoms with van der Waals surface area (Å²) in [5.41, 5.74) is 4.44. The van der Waals surface area contributed by atoms with Gasteiger partial charge in [-0.05, 0) is 66.0 Å². The van der Waals surface area contributed by atoms with Gasteiger partial charge in [0.05, 0.1) is 0 Å². The molecule has 0 aromatic heterocycles. The number of halogens is 3. The lowest BCUT2D eigenvalue weighted by Crippen LogP contribution is -2.02. The number of rotatable bonds is 3. The third-order valence-electron chi connectivity index (χ3n) is 5.79. The summed E-state index contributed by atoms with van der Waals surface area (Å²) in [6, 6.07) is 15.5. The first-order valence-corrected chi connectivity index (χ1v) is 9.98. The van der Waals surface area contributed by atoms with Crippen LogP contribution < -0.4 is 0 Å². The van der Waals surface area contributed by atoms with Crippen molar-refractivity contribution in [2.75, 3.05) is 0 Å². The highest BCUT2D eigenvalue weighted by molar-refractivity contribution is 5.74. The van der Waals surface area contributed by atoms with Gasteiger partial charge in [0, 0.05) is 11.1 Å². The molecule has 3 aromatic carbocycles. The maximum absolute atomic E-state index is 14.8. The number of benzene rings is 3. The van der Waals surface area contributed by atoms with Gasteiger partial charge in [-0.15, -0.1) is 0 Å². The zero-order valence-corrected chi connectivity index (χ0v) is 16.6. The average Bonchev–Trinajstić information content (AvgIpc) is 2.73. The molecule has 0 bridgehead atoms. The van der Waals surface area contributed by atoms with Crippen molar-refractivity contribution in [2.24, 2.45) is 5.92 Å². The monoisotopic (exact) mass is 392 g/mol. The first-order chi connectivity index (χ1) is 13.9. The van der Waals surface area contributed by atoms with Crippen molar-refractivity contribution < 1.29 is 13.2 Å².